The van der Waals surface area contributed by atoms with Crippen LogP contribution in [0.5, 0.6) is 0 Å². The minimum Gasteiger partial charge on any atom is -0.447 e. The molecule has 8 nitrogen and oxygen atoms in total. The fourth-order valence-corrected chi connectivity index (χ4v) is 3.25. The summed E-state index contributed by atoms with van der Waals surface area (Å²) in [6.07, 6.45) is 1.06. The minimum atomic E-state index is -0.616. The summed E-state index contributed by atoms with van der Waals surface area (Å²) in [5.74, 6) is 0.0483. The summed E-state index contributed by atoms with van der Waals surface area (Å²) in [5.41, 5.74) is 6.82. The van der Waals surface area contributed by atoms with Crippen LogP contribution in [0.2, 0.25) is 0 Å². The van der Waals surface area contributed by atoms with Crippen LogP contribution in [-0.2, 0) is 4.74 Å². The molecule has 1 aromatic heterocycles. The molecule has 3 rings (SSSR count). The number of nitrogens with one attached hydrogen (secondary N) is 1. The lowest BCUT2D eigenvalue weighted by molar-refractivity contribution is 0.111. The highest BCUT2D eigenvalue weighted by Gasteiger charge is 2.24. The lowest BCUT2D eigenvalue weighted by Crippen LogP contribution is -2.48. The third-order valence-corrected chi connectivity index (χ3v) is 4.53. The molecule has 1 amide bonds. The molecule has 2 aromatic rings. The number of nitrogens with zero attached hydrogens (tertiary/aromatic N) is 4. The number of rotatable bonds is 4. The van der Waals surface area contributed by atoms with Gasteiger partial charge in [0.1, 0.15) is 17.7 Å². The van der Waals surface area contributed by atoms with Gasteiger partial charge < -0.3 is 20.7 Å². The molecule has 1 aliphatic heterocycles. The number of alkyl carbamates (subject to hydrolysis) is 1. The number of nitriles is 1. The van der Waals surface area contributed by atoms with Crippen LogP contribution >= 0.6 is 0 Å². The lowest BCUT2D eigenvalue weighted by atomic mass is 10.1. The van der Waals surface area contributed by atoms with Gasteiger partial charge in [0.05, 0.1) is 17.4 Å². The summed E-state index contributed by atoms with van der Waals surface area (Å²) in [4.78, 5) is 22.4. The van der Waals surface area contributed by atoms with Crippen molar-refractivity contribution in [1.82, 2.24) is 15.3 Å². The molecule has 0 radical (unpaired) electrons. The molecule has 3 N–H and O–H groups in total. The Morgan fingerprint density at radius 3 is 2.90 bits per heavy atom. The van der Waals surface area contributed by atoms with Crippen molar-refractivity contribution in [3.63, 3.8) is 0 Å². The fraction of sp³-hybridized carbons (Fsp3) is 0.400. The summed E-state index contributed by atoms with van der Waals surface area (Å²) in [6, 6.07) is 7.73. The molecule has 29 heavy (non-hydrogen) atoms. The van der Waals surface area contributed by atoms with Gasteiger partial charge in [0, 0.05) is 30.8 Å². The smallest absolute Gasteiger partial charge is 0.407 e. The number of amides is 1. The Labute approximate surface area is 168 Å². The normalized spacial score (nSPS) is 16.4. The number of nitrogens with two attached hydrogens (primary N) is 1. The Kier molecular flexibility index (Phi) is 6.12. The maximum absolute atomic E-state index is 14.0. The van der Waals surface area contributed by atoms with E-state index in [1.54, 1.807) is 32.0 Å². The van der Waals surface area contributed by atoms with Crippen LogP contribution in [0.4, 0.5) is 21.0 Å². The van der Waals surface area contributed by atoms with Crippen LogP contribution in [0.25, 0.3) is 11.3 Å². The summed E-state index contributed by atoms with van der Waals surface area (Å²) in [6.45, 7) is 4.88. The van der Waals surface area contributed by atoms with E-state index in [1.807, 2.05) is 4.90 Å². The van der Waals surface area contributed by atoms with Gasteiger partial charge in [0.2, 0.25) is 5.95 Å². The van der Waals surface area contributed by atoms with Crippen molar-refractivity contribution >= 4 is 17.9 Å². The van der Waals surface area contributed by atoms with Gasteiger partial charge in [-0.1, -0.05) is 6.07 Å². The number of hydrogen-bond donors (Lipinski definition) is 2. The third-order valence-electron chi connectivity index (χ3n) is 4.53. The van der Waals surface area contributed by atoms with Crippen molar-refractivity contribution in [3.8, 4) is 17.3 Å². The number of hydrogen-bond acceptors (Lipinski definition) is 7. The summed E-state index contributed by atoms with van der Waals surface area (Å²) >= 11 is 0. The molecule has 0 aliphatic carbocycles. The number of anilines is 2. The number of carbonyl (C=O) groups is 1. The predicted molar refractivity (Wildman–Crippen MR) is 107 cm³/mol. The molecular weight excluding hydrogens is 375 g/mol. The number of benzene rings is 1. The Morgan fingerprint density at radius 2 is 2.21 bits per heavy atom. The van der Waals surface area contributed by atoms with Gasteiger partial charge in [-0.2, -0.15) is 10.2 Å². The van der Waals surface area contributed by atoms with E-state index in [0.29, 0.717) is 23.6 Å². The van der Waals surface area contributed by atoms with E-state index in [0.717, 1.165) is 19.4 Å². The van der Waals surface area contributed by atoms with E-state index in [1.165, 1.54) is 12.1 Å². The van der Waals surface area contributed by atoms with Crippen molar-refractivity contribution < 1.29 is 13.9 Å². The van der Waals surface area contributed by atoms with Gasteiger partial charge >= 0.3 is 6.09 Å². The molecular formula is C20H23FN6O2. The first-order valence-corrected chi connectivity index (χ1v) is 9.42. The van der Waals surface area contributed by atoms with Gasteiger partial charge in [0.25, 0.3) is 0 Å². The predicted octanol–water partition coefficient (Wildman–Crippen LogP) is 2.84. The van der Waals surface area contributed by atoms with E-state index in [-0.39, 0.29) is 23.7 Å². The fourth-order valence-electron chi connectivity index (χ4n) is 3.25. The van der Waals surface area contributed by atoms with Gasteiger partial charge in [0.15, 0.2) is 0 Å². The molecule has 1 atom stereocenters. The van der Waals surface area contributed by atoms with Crippen LogP contribution in [0.15, 0.2) is 24.3 Å². The Hall–Kier alpha value is -3.41. The maximum Gasteiger partial charge on any atom is 0.407 e. The minimum absolute atomic E-state index is 0.0331. The summed E-state index contributed by atoms with van der Waals surface area (Å²) < 4.78 is 19.1. The highest BCUT2D eigenvalue weighted by atomic mass is 19.1. The first-order chi connectivity index (χ1) is 13.9. The molecule has 9 heteroatoms. The first kappa shape index (κ1) is 20.3. The molecule has 1 aromatic carbocycles. The topological polar surface area (TPSA) is 117 Å². The zero-order chi connectivity index (χ0) is 21.0. The van der Waals surface area contributed by atoms with Crippen LogP contribution < -0.4 is 16.0 Å². The molecule has 1 aliphatic rings. The second-order valence-electron chi connectivity index (χ2n) is 7.16. The maximum atomic E-state index is 14.0. The van der Waals surface area contributed by atoms with Crippen LogP contribution in [0.3, 0.4) is 0 Å². The van der Waals surface area contributed by atoms with Gasteiger partial charge in [-0.15, -0.1) is 0 Å². The van der Waals surface area contributed by atoms with E-state index in [2.05, 4.69) is 15.3 Å². The lowest BCUT2D eigenvalue weighted by Gasteiger charge is -2.34. The van der Waals surface area contributed by atoms with Crippen molar-refractivity contribution in [2.24, 2.45) is 0 Å². The molecule has 0 bridgehead atoms. The number of carbonyl (C=O) groups excluding carboxylic acids is 1. The zero-order valence-electron chi connectivity index (χ0n) is 16.4. The highest BCUT2D eigenvalue weighted by molar-refractivity contribution is 5.68. The number of piperidine rings is 1. The summed E-state index contributed by atoms with van der Waals surface area (Å²) in [7, 11) is 0. The monoisotopic (exact) mass is 398 g/mol. The van der Waals surface area contributed by atoms with Crippen molar-refractivity contribution in [1.29, 1.82) is 5.26 Å². The zero-order valence-corrected chi connectivity index (χ0v) is 16.4. The summed E-state index contributed by atoms with van der Waals surface area (Å²) in [5, 5.41) is 11.8. The Morgan fingerprint density at radius 1 is 1.41 bits per heavy atom. The largest absolute Gasteiger partial charge is 0.447 e. The van der Waals surface area contributed by atoms with Crippen LogP contribution in [0, 0.1) is 17.1 Å². The Bertz CT molecular complexity index is 943. The molecule has 2 heterocycles. The average Bonchev–Trinajstić information content (AvgIpc) is 2.67. The van der Waals surface area contributed by atoms with Gasteiger partial charge in [-0.25, -0.2) is 14.2 Å². The molecule has 1 fully saturated rings. The standard InChI is InChI=1S/C20H23FN6O2/c1-12(2)29-20(28)24-15-4-3-7-27(11-15)18-9-17(25-19(23)26-18)13-5-6-14(10-22)16(21)8-13/h5-6,8-9,12,15H,3-4,7,11H2,1-2H3,(H,24,28)(H2,23,25,26)/t15-/m1/s1. The van der Waals surface area contributed by atoms with E-state index < -0.39 is 11.9 Å². The van der Waals surface area contributed by atoms with Crippen molar-refractivity contribution in [3.05, 3.63) is 35.6 Å². The average molecular weight is 398 g/mol. The number of halogens is 1. The third kappa shape index (κ3) is 5.10. The number of nitrogen functional groups attached to an aromatic ring is 1. The van der Waals surface area contributed by atoms with Gasteiger partial charge in [-0.3, -0.25) is 0 Å². The molecule has 0 spiro atoms. The van der Waals surface area contributed by atoms with Gasteiger partial charge in [-0.05, 0) is 38.8 Å². The molecule has 1 saturated heterocycles. The number of ether oxygens (including phenoxy) is 1. The highest BCUT2D eigenvalue weighted by Crippen LogP contribution is 2.26. The van der Waals surface area contributed by atoms with Crippen molar-refractivity contribution in [2.45, 2.75) is 38.8 Å². The van der Waals surface area contributed by atoms with E-state index in [4.69, 9.17) is 15.7 Å². The Balaban J connectivity index is 1.79. The number of aromatic nitrogens is 2. The van der Waals surface area contributed by atoms with Crippen LogP contribution in [-0.4, -0.2) is 41.3 Å². The quantitative estimate of drug-likeness (QED) is 0.813. The molecule has 0 saturated carbocycles. The second kappa shape index (κ2) is 8.73. The van der Waals surface area contributed by atoms with E-state index >= 15 is 0 Å². The molecule has 0 unspecified atom stereocenters. The van der Waals surface area contributed by atoms with Crippen molar-refractivity contribution in [2.75, 3.05) is 23.7 Å². The first-order valence-electron chi connectivity index (χ1n) is 9.42. The van der Waals surface area contributed by atoms with E-state index in [9.17, 15) is 9.18 Å². The molecule has 152 valence electrons. The second-order valence-corrected chi connectivity index (χ2v) is 7.16. The SMILES string of the molecule is CC(C)OC(=O)N[C@@H]1CCCN(c2cc(-c3ccc(C#N)c(F)c3)nc(N)n2)C1. The van der Waals surface area contributed by atoms with Crippen LogP contribution in [0.1, 0.15) is 32.3 Å².